The molecule has 0 amide bonds. The zero-order valence-corrected chi connectivity index (χ0v) is 10.9. The van der Waals surface area contributed by atoms with Crippen molar-refractivity contribution in [2.45, 2.75) is 19.6 Å². The summed E-state index contributed by atoms with van der Waals surface area (Å²) in [6, 6.07) is 3.40. The van der Waals surface area contributed by atoms with E-state index in [1.54, 1.807) is 29.2 Å². The molecular formula is C12H14ClN3O2. The molecule has 6 heteroatoms. The van der Waals surface area contributed by atoms with Gasteiger partial charge in [-0.15, -0.1) is 0 Å². The first-order valence-corrected chi connectivity index (χ1v) is 5.95. The molecule has 0 bridgehead atoms. The third-order valence-corrected chi connectivity index (χ3v) is 2.99. The number of aliphatic hydroxyl groups is 1. The number of nitrogens with zero attached hydrogens (tertiary/aromatic N) is 3. The van der Waals surface area contributed by atoms with Crippen LogP contribution < -0.4 is 4.74 Å². The maximum absolute atomic E-state index is 10.4. The number of aryl methyl sites for hydroxylation is 1. The molecule has 2 aromatic rings. The van der Waals surface area contributed by atoms with Gasteiger partial charge < -0.3 is 9.84 Å². The summed E-state index contributed by atoms with van der Waals surface area (Å²) in [4.78, 5) is 4.11. The number of methoxy groups -OCH3 is 1. The predicted molar refractivity (Wildman–Crippen MR) is 67.8 cm³/mol. The Morgan fingerprint density at radius 3 is 2.94 bits per heavy atom. The second-order valence-corrected chi connectivity index (χ2v) is 4.09. The maximum atomic E-state index is 10.4. The van der Waals surface area contributed by atoms with E-state index in [9.17, 15) is 5.11 Å². The second kappa shape index (κ2) is 5.37. The molecule has 0 aliphatic carbocycles. The molecule has 2 aromatic heterocycles. The van der Waals surface area contributed by atoms with Crippen molar-refractivity contribution < 1.29 is 9.84 Å². The average Bonchev–Trinajstić information content (AvgIpc) is 2.81. The first kappa shape index (κ1) is 12.9. The van der Waals surface area contributed by atoms with Crippen molar-refractivity contribution in [3.05, 3.63) is 40.9 Å². The molecule has 0 aliphatic heterocycles. The van der Waals surface area contributed by atoms with Crippen LogP contribution in [0.5, 0.6) is 5.75 Å². The van der Waals surface area contributed by atoms with Crippen LogP contribution in [0.1, 0.15) is 24.4 Å². The molecule has 1 atom stereocenters. The van der Waals surface area contributed by atoms with Crippen LogP contribution in [0.3, 0.4) is 0 Å². The van der Waals surface area contributed by atoms with Crippen molar-refractivity contribution in [1.82, 2.24) is 14.8 Å². The SMILES string of the molecule is CCn1ncc(OC)c1C(O)c1ncccc1Cl. The van der Waals surface area contributed by atoms with E-state index < -0.39 is 6.10 Å². The van der Waals surface area contributed by atoms with Gasteiger partial charge in [-0.3, -0.25) is 9.67 Å². The zero-order chi connectivity index (χ0) is 13.1. The normalized spacial score (nSPS) is 12.4. The van der Waals surface area contributed by atoms with Crippen LogP contribution in [0.4, 0.5) is 0 Å². The lowest BCUT2D eigenvalue weighted by Crippen LogP contribution is -2.11. The molecule has 2 heterocycles. The minimum absolute atomic E-state index is 0.396. The highest BCUT2D eigenvalue weighted by atomic mass is 35.5. The summed E-state index contributed by atoms with van der Waals surface area (Å²) in [5.41, 5.74) is 0.952. The molecule has 96 valence electrons. The van der Waals surface area contributed by atoms with E-state index >= 15 is 0 Å². The van der Waals surface area contributed by atoms with Gasteiger partial charge in [0.1, 0.15) is 11.8 Å². The molecule has 18 heavy (non-hydrogen) atoms. The molecule has 0 saturated heterocycles. The predicted octanol–water partition coefficient (Wildman–Crippen LogP) is 2.04. The van der Waals surface area contributed by atoms with E-state index in [4.69, 9.17) is 16.3 Å². The lowest BCUT2D eigenvalue weighted by molar-refractivity contribution is 0.198. The first-order valence-electron chi connectivity index (χ1n) is 5.57. The number of rotatable bonds is 4. The van der Waals surface area contributed by atoms with E-state index in [1.165, 1.54) is 7.11 Å². The summed E-state index contributed by atoms with van der Waals surface area (Å²) in [6.45, 7) is 2.56. The number of hydrogen-bond donors (Lipinski definition) is 1. The van der Waals surface area contributed by atoms with Crippen LogP contribution in [0.2, 0.25) is 5.02 Å². The number of halogens is 1. The molecule has 5 nitrogen and oxygen atoms in total. The summed E-state index contributed by atoms with van der Waals surface area (Å²) < 4.78 is 6.86. The van der Waals surface area contributed by atoms with E-state index in [1.807, 2.05) is 6.92 Å². The highest BCUT2D eigenvalue weighted by Gasteiger charge is 2.23. The first-order chi connectivity index (χ1) is 8.69. The third-order valence-electron chi connectivity index (χ3n) is 2.67. The van der Waals surface area contributed by atoms with Crippen molar-refractivity contribution in [1.29, 1.82) is 0 Å². The Morgan fingerprint density at radius 1 is 1.56 bits per heavy atom. The molecule has 1 unspecified atom stereocenters. The van der Waals surface area contributed by atoms with Crippen molar-refractivity contribution in [2.75, 3.05) is 7.11 Å². The van der Waals surface area contributed by atoms with Gasteiger partial charge in [0, 0.05) is 12.7 Å². The van der Waals surface area contributed by atoms with Crippen molar-refractivity contribution in [2.24, 2.45) is 0 Å². The fourth-order valence-electron chi connectivity index (χ4n) is 1.79. The Morgan fingerprint density at radius 2 is 2.33 bits per heavy atom. The Kier molecular flexibility index (Phi) is 3.84. The van der Waals surface area contributed by atoms with Gasteiger partial charge in [-0.25, -0.2) is 0 Å². The summed E-state index contributed by atoms with van der Waals surface area (Å²) in [5.74, 6) is 0.520. The Labute approximate surface area is 110 Å². The van der Waals surface area contributed by atoms with Crippen LogP contribution in [-0.4, -0.2) is 27.0 Å². The van der Waals surface area contributed by atoms with Crippen LogP contribution >= 0.6 is 11.6 Å². The molecule has 2 rings (SSSR count). The van der Waals surface area contributed by atoms with Gasteiger partial charge in [0.05, 0.1) is 24.0 Å². The summed E-state index contributed by atoms with van der Waals surface area (Å²) in [6.07, 6.45) is 2.19. The van der Waals surface area contributed by atoms with Crippen LogP contribution in [-0.2, 0) is 6.54 Å². The van der Waals surface area contributed by atoms with Gasteiger partial charge in [0.2, 0.25) is 0 Å². The van der Waals surface area contributed by atoms with Gasteiger partial charge in [-0.05, 0) is 19.1 Å². The van der Waals surface area contributed by atoms with Crippen LogP contribution in [0.15, 0.2) is 24.5 Å². The third kappa shape index (κ3) is 2.19. The fraction of sp³-hybridized carbons (Fsp3) is 0.333. The van der Waals surface area contributed by atoms with E-state index in [2.05, 4.69) is 10.1 Å². The summed E-state index contributed by atoms with van der Waals surface area (Å²) >= 11 is 6.03. The zero-order valence-electron chi connectivity index (χ0n) is 10.2. The lowest BCUT2D eigenvalue weighted by Gasteiger charge is -2.14. The molecule has 0 fully saturated rings. The van der Waals surface area contributed by atoms with Crippen LogP contribution in [0, 0.1) is 0 Å². The lowest BCUT2D eigenvalue weighted by atomic mass is 10.1. The van der Waals surface area contributed by atoms with Gasteiger partial charge in [-0.2, -0.15) is 5.10 Å². The second-order valence-electron chi connectivity index (χ2n) is 3.69. The summed E-state index contributed by atoms with van der Waals surface area (Å²) in [7, 11) is 1.53. The molecule has 0 aromatic carbocycles. The van der Waals surface area contributed by atoms with E-state index in [0.29, 0.717) is 28.7 Å². The van der Waals surface area contributed by atoms with Gasteiger partial charge >= 0.3 is 0 Å². The van der Waals surface area contributed by atoms with Crippen molar-refractivity contribution in [3.63, 3.8) is 0 Å². The molecule has 1 N–H and O–H groups in total. The van der Waals surface area contributed by atoms with Crippen molar-refractivity contribution in [3.8, 4) is 5.75 Å². The quantitative estimate of drug-likeness (QED) is 0.921. The van der Waals surface area contributed by atoms with Gasteiger partial charge in [0.25, 0.3) is 0 Å². The number of ether oxygens (including phenoxy) is 1. The van der Waals surface area contributed by atoms with E-state index in [-0.39, 0.29) is 0 Å². The monoisotopic (exact) mass is 267 g/mol. The van der Waals surface area contributed by atoms with Gasteiger partial charge in [0.15, 0.2) is 5.75 Å². The maximum Gasteiger partial charge on any atom is 0.163 e. The molecule has 0 aliphatic rings. The van der Waals surface area contributed by atoms with Gasteiger partial charge in [-0.1, -0.05) is 11.6 Å². The number of aromatic nitrogens is 3. The Balaban J connectivity index is 2.48. The smallest absolute Gasteiger partial charge is 0.163 e. The number of pyridine rings is 1. The number of aliphatic hydroxyl groups excluding tert-OH is 1. The Bertz CT molecular complexity index is 520. The minimum atomic E-state index is -0.962. The molecular weight excluding hydrogens is 254 g/mol. The minimum Gasteiger partial charge on any atom is -0.493 e. The topological polar surface area (TPSA) is 60.2 Å². The highest BCUT2D eigenvalue weighted by molar-refractivity contribution is 6.31. The van der Waals surface area contributed by atoms with E-state index in [0.717, 1.165) is 0 Å². The highest BCUT2D eigenvalue weighted by Crippen LogP contribution is 2.31. The number of hydrogen-bond acceptors (Lipinski definition) is 4. The van der Waals surface area contributed by atoms with Crippen LogP contribution in [0.25, 0.3) is 0 Å². The van der Waals surface area contributed by atoms with Crippen molar-refractivity contribution >= 4 is 11.6 Å². The molecule has 0 radical (unpaired) electrons. The Hall–Kier alpha value is -1.59. The standard InChI is InChI=1S/C12H14ClN3O2/c1-3-16-11(9(18-2)7-15-16)12(17)10-8(13)5-4-6-14-10/h4-7,12,17H,3H2,1-2H3. The molecule has 0 saturated carbocycles. The largest absolute Gasteiger partial charge is 0.493 e. The summed E-state index contributed by atoms with van der Waals surface area (Å²) in [5, 5.41) is 15.0. The average molecular weight is 268 g/mol. The molecule has 0 spiro atoms. The fourth-order valence-corrected chi connectivity index (χ4v) is 2.02.